The number of anilines is 1. The van der Waals surface area contributed by atoms with Gasteiger partial charge in [-0.05, 0) is 43.4 Å². The van der Waals surface area contributed by atoms with Crippen LogP contribution in [0.15, 0.2) is 23.1 Å². The molecular formula is C10H13NS. The molecule has 2 heteroatoms. The van der Waals surface area contributed by atoms with Gasteiger partial charge in [0.25, 0.3) is 0 Å². The van der Waals surface area contributed by atoms with Crippen LogP contribution in [0.1, 0.15) is 12.5 Å². The summed E-state index contributed by atoms with van der Waals surface area (Å²) < 4.78 is 0. The van der Waals surface area contributed by atoms with Crippen molar-refractivity contribution in [3.63, 3.8) is 0 Å². The van der Waals surface area contributed by atoms with Crippen molar-refractivity contribution in [1.29, 1.82) is 0 Å². The number of benzene rings is 1. The second-order valence-corrected chi connectivity index (χ2v) is 4.15. The minimum absolute atomic E-state index is 0.608. The van der Waals surface area contributed by atoms with E-state index in [4.69, 9.17) is 0 Å². The Kier molecular flexibility index (Phi) is 2.01. The second kappa shape index (κ2) is 3.02. The van der Waals surface area contributed by atoms with Crippen molar-refractivity contribution in [2.24, 2.45) is 0 Å². The lowest BCUT2D eigenvalue weighted by Gasteiger charge is -2.02. The predicted octanol–water partition coefficient (Wildman–Crippen LogP) is 2.77. The van der Waals surface area contributed by atoms with Gasteiger partial charge in [-0.1, -0.05) is 0 Å². The van der Waals surface area contributed by atoms with Crippen LogP contribution < -0.4 is 5.32 Å². The topological polar surface area (TPSA) is 12.0 Å². The fourth-order valence-corrected chi connectivity index (χ4v) is 2.12. The van der Waals surface area contributed by atoms with E-state index < -0.39 is 0 Å². The van der Waals surface area contributed by atoms with Crippen molar-refractivity contribution in [3.05, 3.63) is 23.8 Å². The summed E-state index contributed by atoms with van der Waals surface area (Å²) in [7, 11) is 0. The lowest BCUT2D eigenvalue weighted by atomic mass is 10.1. The van der Waals surface area contributed by atoms with Gasteiger partial charge in [-0.3, -0.25) is 0 Å². The van der Waals surface area contributed by atoms with E-state index in [0.717, 1.165) is 0 Å². The first-order valence-electron chi connectivity index (χ1n) is 4.23. The van der Waals surface area contributed by atoms with Gasteiger partial charge in [-0.2, -0.15) is 0 Å². The van der Waals surface area contributed by atoms with Crippen LogP contribution in [-0.4, -0.2) is 12.3 Å². The lowest BCUT2D eigenvalue weighted by Crippen LogP contribution is -2.08. The molecule has 1 heterocycles. The Morgan fingerprint density at radius 1 is 1.50 bits per heavy atom. The zero-order valence-electron chi connectivity index (χ0n) is 7.42. The summed E-state index contributed by atoms with van der Waals surface area (Å²) in [5, 5.41) is 3.44. The molecule has 1 nitrogen and oxygen atoms in total. The Morgan fingerprint density at radius 3 is 3.08 bits per heavy atom. The number of rotatable bonds is 1. The number of nitrogens with one attached hydrogen (secondary N) is 1. The maximum atomic E-state index is 3.44. The second-order valence-electron chi connectivity index (χ2n) is 3.27. The molecule has 0 spiro atoms. The highest BCUT2D eigenvalue weighted by Gasteiger charge is 2.15. The van der Waals surface area contributed by atoms with E-state index >= 15 is 0 Å². The van der Waals surface area contributed by atoms with Gasteiger partial charge in [-0.25, -0.2) is 0 Å². The first-order chi connectivity index (χ1) is 5.79. The van der Waals surface area contributed by atoms with E-state index in [9.17, 15) is 0 Å². The highest BCUT2D eigenvalue weighted by molar-refractivity contribution is 7.98. The third-order valence-electron chi connectivity index (χ3n) is 2.24. The quantitative estimate of drug-likeness (QED) is 0.665. The average Bonchev–Trinajstić information content (AvgIpc) is 2.43. The van der Waals surface area contributed by atoms with Gasteiger partial charge in [0.2, 0.25) is 0 Å². The van der Waals surface area contributed by atoms with E-state index in [0.29, 0.717) is 6.04 Å². The number of hydrogen-bond donors (Lipinski definition) is 1. The largest absolute Gasteiger partial charge is 0.382 e. The van der Waals surface area contributed by atoms with Gasteiger partial charge in [0, 0.05) is 16.6 Å². The number of hydrogen-bond acceptors (Lipinski definition) is 2. The summed E-state index contributed by atoms with van der Waals surface area (Å²) in [6, 6.07) is 7.26. The molecule has 0 aliphatic carbocycles. The SMILES string of the molecule is CSc1ccc2c(c1)C[C@H](C)N2. The van der Waals surface area contributed by atoms with Crippen LogP contribution in [0.5, 0.6) is 0 Å². The molecule has 12 heavy (non-hydrogen) atoms. The van der Waals surface area contributed by atoms with E-state index in [1.54, 1.807) is 0 Å². The molecule has 1 aliphatic heterocycles. The molecule has 1 aromatic carbocycles. The van der Waals surface area contributed by atoms with Gasteiger partial charge in [0.1, 0.15) is 0 Å². The van der Waals surface area contributed by atoms with Gasteiger partial charge >= 0.3 is 0 Å². The van der Waals surface area contributed by atoms with Crippen LogP contribution in [0.4, 0.5) is 5.69 Å². The van der Waals surface area contributed by atoms with Crippen LogP contribution in [0.25, 0.3) is 0 Å². The molecule has 0 amide bonds. The number of thioether (sulfide) groups is 1. The van der Waals surface area contributed by atoms with Crippen LogP contribution in [0.2, 0.25) is 0 Å². The molecule has 0 fully saturated rings. The summed E-state index contributed by atoms with van der Waals surface area (Å²) in [4.78, 5) is 1.37. The Bertz CT molecular complexity index is 296. The van der Waals surface area contributed by atoms with Crippen LogP contribution in [0, 0.1) is 0 Å². The molecule has 0 bridgehead atoms. The predicted molar refractivity (Wildman–Crippen MR) is 55.0 cm³/mol. The molecular weight excluding hydrogens is 166 g/mol. The highest BCUT2D eigenvalue weighted by Crippen LogP contribution is 2.29. The minimum Gasteiger partial charge on any atom is -0.382 e. The van der Waals surface area contributed by atoms with Gasteiger partial charge in [-0.15, -0.1) is 11.8 Å². The molecule has 64 valence electrons. The highest BCUT2D eigenvalue weighted by atomic mass is 32.2. The zero-order valence-corrected chi connectivity index (χ0v) is 8.24. The molecule has 0 saturated heterocycles. The van der Waals surface area contributed by atoms with Crippen LogP contribution in [-0.2, 0) is 6.42 Å². The number of fused-ring (bicyclic) bond motifs is 1. The smallest absolute Gasteiger partial charge is 0.0376 e. The van der Waals surface area contributed by atoms with Crippen molar-refractivity contribution in [2.75, 3.05) is 11.6 Å². The fourth-order valence-electron chi connectivity index (χ4n) is 1.65. The molecule has 0 radical (unpaired) electrons. The normalized spacial score (nSPS) is 20.3. The molecule has 1 aliphatic rings. The lowest BCUT2D eigenvalue weighted by molar-refractivity contribution is 0.838. The van der Waals surface area contributed by atoms with Crippen molar-refractivity contribution >= 4 is 17.4 Å². The monoisotopic (exact) mass is 179 g/mol. The maximum absolute atomic E-state index is 3.44. The van der Waals surface area contributed by atoms with Gasteiger partial charge < -0.3 is 5.32 Å². The summed E-state index contributed by atoms with van der Waals surface area (Å²) in [6.45, 7) is 2.22. The molecule has 1 aromatic rings. The first-order valence-corrected chi connectivity index (χ1v) is 5.45. The van der Waals surface area contributed by atoms with E-state index in [2.05, 4.69) is 36.7 Å². The van der Waals surface area contributed by atoms with Crippen molar-refractivity contribution in [1.82, 2.24) is 0 Å². The van der Waals surface area contributed by atoms with Crippen molar-refractivity contribution < 1.29 is 0 Å². The third kappa shape index (κ3) is 1.31. The van der Waals surface area contributed by atoms with Crippen LogP contribution in [0.3, 0.4) is 0 Å². The molecule has 1 atom stereocenters. The molecule has 1 N–H and O–H groups in total. The Balaban J connectivity index is 2.35. The zero-order chi connectivity index (χ0) is 8.55. The fraction of sp³-hybridized carbons (Fsp3) is 0.400. The first kappa shape index (κ1) is 7.99. The van der Waals surface area contributed by atoms with Crippen molar-refractivity contribution in [3.8, 4) is 0 Å². The summed E-state index contributed by atoms with van der Waals surface area (Å²) in [6.07, 6.45) is 3.29. The Morgan fingerprint density at radius 2 is 2.33 bits per heavy atom. The standard InChI is InChI=1S/C10H13NS/c1-7-5-8-6-9(12-2)3-4-10(8)11-7/h3-4,6-7,11H,5H2,1-2H3/t7-/m0/s1. The van der Waals surface area contributed by atoms with Crippen molar-refractivity contribution in [2.45, 2.75) is 24.3 Å². The summed E-state index contributed by atoms with van der Waals surface area (Å²) in [5.41, 5.74) is 2.79. The average molecular weight is 179 g/mol. The maximum Gasteiger partial charge on any atom is 0.0376 e. The van der Waals surface area contributed by atoms with Gasteiger partial charge in [0.15, 0.2) is 0 Å². The third-order valence-corrected chi connectivity index (χ3v) is 2.97. The Labute approximate surface area is 77.6 Å². The molecule has 2 rings (SSSR count). The van der Waals surface area contributed by atoms with E-state index in [1.165, 1.54) is 22.6 Å². The van der Waals surface area contributed by atoms with E-state index in [1.807, 2.05) is 11.8 Å². The minimum atomic E-state index is 0.608. The Hall–Kier alpha value is -0.630. The molecule has 0 aromatic heterocycles. The van der Waals surface area contributed by atoms with E-state index in [-0.39, 0.29) is 0 Å². The van der Waals surface area contributed by atoms with Crippen LogP contribution >= 0.6 is 11.8 Å². The summed E-state index contributed by atoms with van der Waals surface area (Å²) >= 11 is 1.81. The molecule has 0 unspecified atom stereocenters. The molecule has 0 saturated carbocycles. The summed E-state index contributed by atoms with van der Waals surface area (Å²) in [5.74, 6) is 0. The van der Waals surface area contributed by atoms with Gasteiger partial charge in [0.05, 0.1) is 0 Å².